The fourth-order valence-corrected chi connectivity index (χ4v) is 4.30. The number of likely N-dealkylation sites (N-methyl/N-ethyl adjacent to an activating group) is 1. The second kappa shape index (κ2) is 14.1. The molecule has 3 rings (SSSR count). The smallest absolute Gasteiger partial charge is 0.243 e. The summed E-state index contributed by atoms with van der Waals surface area (Å²) in [5.41, 5.74) is 1.90. The molecule has 0 spiro atoms. The molecule has 0 unspecified atom stereocenters. The standard InChI is InChI=1S/C26H44N8O3/c1-7-11-32(12-8-2)25-28-22-21(23(29-25)34-14-13-31(6)20(5)19-34)27-26(30-24(22)35)33(15-17-36-9-3)16-18-37-10-4/h5,7-19H2,1-4,6H3,(H,27,30,35). The molecule has 2 aromatic heterocycles. The SMILES string of the molecule is C=C1CN(c2nc(N(CCC)CCC)nc3c(O)nc(N(CCOCC)CCOCC)nc23)CCN1C. The van der Waals surface area contributed by atoms with Crippen molar-refractivity contribution < 1.29 is 14.6 Å². The van der Waals surface area contributed by atoms with Gasteiger partial charge >= 0.3 is 0 Å². The monoisotopic (exact) mass is 516 g/mol. The number of piperazine rings is 1. The molecule has 206 valence electrons. The van der Waals surface area contributed by atoms with Crippen LogP contribution in [0.15, 0.2) is 12.3 Å². The maximum absolute atomic E-state index is 11.1. The fraction of sp³-hybridized carbons (Fsp3) is 0.692. The Morgan fingerprint density at radius 1 is 0.811 bits per heavy atom. The number of ether oxygens (including phenoxy) is 2. The number of anilines is 3. The van der Waals surface area contributed by atoms with Crippen LogP contribution in [0.5, 0.6) is 5.88 Å². The van der Waals surface area contributed by atoms with Crippen molar-refractivity contribution in [3.05, 3.63) is 12.3 Å². The fourth-order valence-electron chi connectivity index (χ4n) is 4.30. The van der Waals surface area contributed by atoms with Gasteiger partial charge in [0.1, 0.15) is 5.52 Å². The Balaban J connectivity index is 2.12. The van der Waals surface area contributed by atoms with Crippen LogP contribution in [0.4, 0.5) is 17.7 Å². The molecule has 0 saturated carbocycles. The lowest BCUT2D eigenvalue weighted by atomic mass is 10.2. The Morgan fingerprint density at radius 2 is 1.38 bits per heavy atom. The average Bonchev–Trinajstić information content (AvgIpc) is 2.89. The van der Waals surface area contributed by atoms with E-state index in [1.165, 1.54) is 0 Å². The topological polar surface area (TPSA) is 103 Å². The van der Waals surface area contributed by atoms with Gasteiger partial charge in [-0.25, -0.2) is 9.97 Å². The number of aromatic nitrogens is 4. The summed E-state index contributed by atoms with van der Waals surface area (Å²) < 4.78 is 11.2. The van der Waals surface area contributed by atoms with E-state index in [1.54, 1.807) is 0 Å². The van der Waals surface area contributed by atoms with Crippen LogP contribution in [0.2, 0.25) is 0 Å². The minimum absolute atomic E-state index is 0.149. The zero-order chi connectivity index (χ0) is 26.8. The van der Waals surface area contributed by atoms with Crippen LogP contribution in [0.1, 0.15) is 40.5 Å². The summed E-state index contributed by atoms with van der Waals surface area (Å²) in [6.45, 7) is 19.8. The van der Waals surface area contributed by atoms with Crippen molar-refractivity contribution >= 4 is 28.7 Å². The van der Waals surface area contributed by atoms with Crippen LogP contribution < -0.4 is 14.7 Å². The summed E-state index contributed by atoms with van der Waals surface area (Å²) >= 11 is 0. The van der Waals surface area contributed by atoms with E-state index in [0.29, 0.717) is 74.8 Å². The predicted molar refractivity (Wildman–Crippen MR) is 149 cm³/mol. The van der Waals surface area contributed by atoms with Gasteiger partial charge in [-0.1, -0.05) is 20.4 Å². The first-order chi connectivity index (χ1) is 17.9. The summed E-state index contributed by atoms with van der Waals surface area (Å²) in [6, 6.07) is 0. The van der Waals surface area contributed by atoms with Crippen molar-refractivity contribution in [2.45, 2.75) is 40.5 Å². The van der Waals surface area contributed by atoms with Crippen molar-refractivity contribution in [3.8, 4) is 5.88 Å². The second-order valence-corrected chi connectivity index (χ2v) is 9.17. The van der Waals surface area contributed by atoms with E-state index in [-0.39, 0.29) is 5.88 Å². The number of nitrogens with zero attached hydrogens (tertiary/aromatic N) is 8. The van der Waals surface area contributed by atoms with Gasteiger partial charge in [-0.3, -0.25) is 0 Å². The van der Waals surface area contributed by atoms with Crippen molar-refractivity contribution in [1.82, 2.24) is 24.8 Å². The molecule has 37 heavy (non-hydrogen) atoms. The van der Waals surface area contributed by atoms with Crippen LogP contribution in [-0.4, -0.2) is 109 Å². The van der Waals surface area contributed by atoms with Gasteiger partial charge in [-0.05, 0) is 26.7 Å². The maximum atomic E-state index is 11.1. The number of hydrogen-bond donors (Lipinski definition) is 1. The third kappa shape index (κ3) is 7.32. The van der Waals surface area contributed by atoms with Crippen LogP contribution in [0.3, 0.4) is 0 Å². The molecule has 0 atom stereocenters. The summed E-state index contributed by atoms with van der Waals surface area (Å²) in [5.74, 6) is 1.55. The van der Waals surface area contributed by atoms with E-state index in [9.17, 15) is 5.11 Å². The van der Waals surface area contributed by atoms with Crippen LogP contribution >= 0.6 is 0 Å². The van der Waals surface area contributed by atoms with Gasteiger partial charge in [-0.2, -0.15) is 9.97 Å². The lowest BCUT2D eigenvalue weighted by Crippen LogP contribution is -2.43. The molecule has 2 aromatic rings. The van der Waals surface area contributed by atoms with Gasteiger partial charge in [0.05, 0.1) is 19.8 Å². The average molecular weight is 517 g/mol. The van der Waals surface area contributed by atoms with Crippen molar-refractivity contribution in [2.24, 2.45) is 0 Å². The van der Waals surface area contributed by atoms with E-state index < -0.39 is 0 Å². The molecule has 1 fully saturated rings. The minimum atomic E-state index is -0.149. The Hall–Kier alpha value is -2.92. The molecule has 11 heteroatoms. The normalized spacial score (nSPS) is 14.0. The molecular formula is C26H44N8O3. The van der Waals surface area contributed by atoms with Crippen LogP contribution in [0, 0.1) is 0 Å². The molecule has 1 aliphatic rings. The summed E-state index contributed by atoms with van der Waals surface area (Å²) in [6.07, 6.45) is 1.94. The molecule has 0 aromatic carbocycles. The summed E-state index contributed by atoms with van der Waals surface area (Å²) in [4.78, 5) is 27.7. The highest BCUT2D eigenvalue weighted by Gasteiger charge is 2.26. The predicted octanol–water partition coefficient (Wildman–Crippen LogP) is 2.90. The van der Waals surface area contributed by atoms with Gasteiger partial charge < -0.3 is 34.2 Å². The second-order valence-electron chi connectivity index (χ2n) is 9.17. The molecular weight excluding hydrogens is 472 g/mol. The zero-order valence-electron chi connectivity index (χ0n) is 23.2. The van der Waals surface area contributed by atoms with Gasteiger partial charge in [0.25, 0.3) is 0 Å². The third-order valence-corrected chi connectivity index (χ3v) is 6.37. The highest BCUT2D eigenvalue weighted by molar-refractivity contribution is 5.91. The summed E-state index contributed by atoms with van der Waals surface area (Å²) in [7, 11) is 2.05. The van der Waals surface area contributed by atoms with E-state index >= 15 is 0 Å². The highest BCUT2D eigenvalue weighted by Crippen LogP contribution is 2.32. The van der Waals surface area contributed by atoms with Gasteiger partial charge in [0.2, 0.25) is 17.8 Å². The Bertz CT molecular complexity index is 1000. The van der Waals surface area contributed by atoms with Gasteiger partial charge in [0.15, 0.2) is 11.3 Å². The molecule has 1 N–H and O–H groups in total. The number of rotatable bonds is 15. The number of hydrogen-bond acceptors (Lipinski definition) is 11. The maximum Gasteiger partial charge on any atom is 0.243 e. The number of aromatic hydroxyl groups is 1. The molecule has 1 aliphatic heterocycles. The molecule has 1 saturated heterocycles. The van der Waals surface area contributed by atoms with Crippen LogP contribution in [0.25, 0.3) is 11.0 Å². The molecule has 0 aliphatic carbocycles. The van der Waals surface area contributed by atoms with Crippen LogP contribution in [-0.2, 0) is 9.47 Å². The van der Waals surface area contributed by atoms with Gasteiger partial charge in [-0.15, -0.1) is 0 Å². The molecule has 0 radical (unpaired) electrons. The lowest BCUT2D eigenvalue weighted by Gasteiger charge is -2.36. The van der Waals surface area contributed by atoms with Crippen molar-refractivity contribution in [1.29, 1.82) is 0 Å². The Morgan fingerprint density at radius 3 is 1.95 bits per heavy atom. The van der Waals surface area contributed by atoms with Crippen molar-refractivity contribution in [3.63, 3.8) is 0 Å². The largest absolute Gasteiger partial charge is 0.492 e. The third-order valence-electron chi connectivity index (χ3n) is 6.37. The minimum Gasteiger partial charge on any atom is -0.492 e. The van der Waals surface area contributed by atoms with Crippen molar-refractivity contribution in [2.75, 3.05) is 94.0 Å². The zero-order valence-corrected chi connectivity index (χ0v) is 23.2. The summed E-state index contributed by atoms with van der Waals surface area (Å²) in [5, 5.41) is 11.1. The van der Waals surface area contributed by atoms with E-state index in [2.05, 4.69) is 40.1 Å². The Labute approximate surface area is 221 Å². The van der Waals surface area contributed by atoms with E-state index in [4.69, 9.17) is 24.4 Å². The Kier molecular flexibility index (Phi) is 10.9. The quantitative estimate of drug-likeness (QED) is 0.353. The lowest BCUT2D eigenvalue weighted by molar-refractivity contribution is 0.141. The number of fused-ring (bicyclic) bond motifs is 1. The van der Waals surface area contributed by atoms with E-state index in [0.717, 1.165) is 44.7 Å². The first-order valence-electron chi connectivity index (χ1n) is 13.5. The highest BCUT2D eigenvalue weighted by atomic mass is 16.5. The molecule has 0 amide bonds. The van der Waals surface area contributed by atoms with Gasteiger partial charge in [0, 0.05) is 65.2 Å². The molecule has 11 nitrogen and oxygen atoms in total. The van der Waals surface area contributed by atoms with E-state index in [1.807, 2.05) is 25.8 Å². The molecule has 3 heterocycles. The first kappa shape index (κ1) is 28.6. The molecule has 0 bridgehead atoms. The first-order valence-corrected chi connectivity index (χ1v) is 13.5.